The second-order valence-electron chi connectivity index (χ2n) is 4.46. The maximum absolute atomic E-state index is 12.2. The smallest absolute Gasteiger partial charge is 0.175 e. The maximum Gasteiger partial charge on any atom is 0.175 e. The number of ether oxygens (including phenoxy) is 1. The normalized spacial score (nSPS) is 11.9. The average molecular weight is 288 g/mol. The summed E-state index contributed by atoms with van der Waals surface area (Å²) in [4.78, 5) is 12.8. The summed E-state index contributed by atoms with van der Waals surface area (Å²) in [5, 5.41) is 0. The summed E-state index contributed by atoms with van der Waals surface area (Å²) >= 11 is 0. The number of carbonyl (C=O) groups is 1. The van der Waals surface area contributed by atoms with E-state index < -0.39 is 10.8 Å². The third-order valence-electron chi connectivity index (χ3n) is 2.94. The Kier molecular flexibility index (Phi) is 4.69. The first kappa shape index (κ1) is 14.5. The minimum absolute atomic E-state index is 0.0176. The number of carbonyl (C=O) groups excluding carboxylic acids is 1. The van der Waals surface area contributed by atoms with Gasteiger partial charge >= 0.3 is 0 Å². The molecule has 0 fully saturated rings. The molecule has 2 rings (SSSR count). The Morgan fingerprint density at radius 2 is 1.85 bits per heavy atom. The number of hydrogen-bond donors (Lipinski definition) is 0. The zero-order valence-corrected chi connectivity index (χ0v) is 12.3. The van der Waals surface area contributed by atoms with E-state index in [1.807, 2.05) is 19.1 Å². The van der Waals surface area contributed by atoms with E-state index in [1.165, 1.54) is 0 Å². The van der Waals surface area contributed by atoms with Crippen LogP contribution >= 0.6 is 0 Å². The summed E-state index contributed by atoms with van der Waals surface area (Å²) in [6.45, 7) is 1.97. The topological polar surface area (TPSA) is 43.4 Å². The Bertz CT molecular complexity index is 632. The minimum atomic E-state index is -1.32. The Hall–Kier alpha value is -1.94. The van der Waals surface area contributed by atoms with E-state index in [-0.39, 0.29) is 11.5 Å². The van der Waals surface area contributed by atoms with Crippen molar-refractivity contribution >= 4 is 16.6 Å². The van der Waals surface area contributed by atoms with Gasteiger partial charge in [-0.05, 0) is 31.2 Å². The number of aryl methyl sites for hydroxylation is 1. The number of benzene rings is 2. The zero-order valence-electron chi connectivity index (χ0n) is 11.5. The van der Waals surface area contributed by atoms with Crippen LogP contribution in [0.3, 0.4) is 0 Å². The fraction of sp³-hybridized carbons (Fsp3) is 0.188. The summed E-state index contributed by atoms with van der Waals surface area (Å²) in [5.74, 6) is 0.454. The van der Waals surface area contributed by atoms with Gasteiger partial charge in [0.25, 0.3) is 0 Å². The van der Waals surface area contributed by atoms with Crippen LogP contribution in [0.1, 0.15) is 15.9 Å². The van der Waals surface area contributed by atoms with Gasteiger partial charge in [0.2, 0.25) is 0 Å². The summed E-state index contributed by atoms with van der Waals surface area (Å²) in [6.07, 6.45) is 0. The summed E-state index contributed by atoms with van der Waals surface area (Å²) < 4.78 is 17.2. The van der Waals surface area contributed by atoms with Crippen molar-refractivity contribution in [1.29, 1.82) is 0 Å². The van der Waals surface area contributed by atoms with Gasteiger partial charge in [0.15, 0.2) is 5.78 Å². The quantitative estimate of drug-likeness (QED) is 0.794. The zero-order chi connectivity index (χ0) is 14.5. The molecule has 0 bridgehead atoms. The van der Waals surface area contributed by atoms with Crippen molar-refractivity contribution in [3.8, 4) is 5.75 Å². The lowest BCUT2D eigenvalue weighted by molar-refractivity contribution is 0.102. The number of hydrogen-bond acceptors (Lipinski definition) is 3. The molecular formula is C16H16O3S. The van der Waals surface area contributed by atoms with E-state index in [0.717, 1.165) is 5.56 Å². The fourth-order valence-corrected chi connectivity index (χ4v) is 2.78. The van der Waals surface area contributed by atoms with Crippen molar-refractivity contribution < 1.29 is 13.7 Å². The predicted molar refractivity (Wildman–Crippen MR) is 79.8 cm³/mol. The van der Waals surface area contributed by atoms with Crippen LogP contribution in [0.25, 0.3) is 0 Å². The van der Waals surface area contributed by atoms with E-state index in [4.69, 9.17) is 4.74 Å². The van der Waals surface area contributed by atoms with Crippen LogP contribution in [0.5, 0.6) is 5.75 Å². The van der Waals surface area contributed by atoms with Gasteiger partial charge in [0.05, 0.1) is 23.7 Å². The molecule has 0 aliphatic carbocycles. The fourth-order valence-electron chi connectivity index (χ4n) is 1.77. The van der Waals surface area contributed by atoms with Gasteiger partial charge < -0.3 is 4.74 Å². The Balaban J connectivity index is 2.10. The van der Waals surface area contributed by atoms with Crippen LogP contribution in [0.2, 0.25) is 0 Å². The third-order valence-corrected chi connectivity index (χ3v) is 4.26. The maximum atomic E-state index is 12.2. The molecule has 0 saturated carbocycles. The molecule has 0 radical (unpaired) electrons. The second kappa shape index (κ2) is 6.48. The molecule has 3 nitrogen and oxygen atoms in total. The molecule has 1 atom stereocenters. The average Bonchev–Trinajstić information content (AvgIpc) is 2.47. The lowest BCUT2D eigenvalue weighted by atomic mass is 10.1. The van der Waals surface area contributed by atoms with Gasteiger partial charge in [-0.3, -0.25) is 9.00 Å². The first-order chi connectivity index (χ1) is 9.60. The van der Waals surface area contributed by atoms with Gasteiger partial charge in [-0.25, -0.2) is 0 Å². The third kappa shape index (κ3) is 3.54. The number of Topliss-reactive ketones (excluding diaryl/α,β-unsaturated/α-hetero) is 1. The lowest BCUT2D eigenvalue weighted by Gasteiger charge is -2.05. The standard InChI is InChI=1S/C16H16O3S/c1-12-6-8-15(9-7-12)20(18)11-16(17)13-4-3-5-14(10-13)19-2/h3-10H,11H2,1-2H3. The van der Waals surface area contributed by atoms with E-state index in [0.29, 0.717) is 16.2 Å². The molecule has 0 aliphatic heterocycles. The molecule has 4 heteroatoms. The SMILES string of the molecule is COc1cccc(C(=O)CS(=O)c2ccc(C)cc2)c1. The highest BCUT2D eigenvalue weighted by molar-refractivity contribution is 7.85. The highest BCUT2D eigenvalue weighted by atomic mass is 32.2. The van der Waals surface area contributed by atoms with Crippen molar-refractivity contribution in [2.24, 2.45) is 0 Å². The minimum Gasteiger partial charge on any atom is -0.497 e. The molecule has 0 saturated heterocycles. The molecule has 1 unspecified atom stereocenters. The van der Waals surface area contributed by atoms with E-state index in [9.17, 15) is 9.00 Å². The molecule has 0 aromatic heterocycles. The molecule has 0 spiro atoms. The van der Waals surface area contributed by atoms with Crippen LogP contribution in [0.4, 0.5) is 0 Å². The van der Waals surface area contributed by atoms with Crippen LogP contribution in [-0.2, 0) is 10.8 Å². The van der Waals surface area contributed by atoms with E-state index in [1.54, 1.807) is 43.5 Å². The molecule has 2 aromatic carbocycles. The molecule has 20 heavy (non-hydrogen) atoms. The number of ketones is 1. The van der Waals surface area contributed by atoms with Gasteiger partial charge in [-0.1, -0.05) is 29.8 Å². The first-order valence-electron chi connectivity index (χ1n) is 6.22. The second-order valence-corrected chi connectivity index (χ2v) is 5.91. The monoisotopic (exact) mass is 288 g/mol. The van der Waals surface area contributed by atoms with Crippen LogP contribution in [0, 0.1) is 6.92 Å². The van der Waals surface area contributed by atoms with Crippen molar-refractivity contribution in [1.82, 2.24) is 0 Å². The molecule has 104 valence electrons. The largest absolute Gasteiger partial charge is 0.497 e. The predicted octanol–water partition coefficient (Wildman–Crippen LogP) is 2.99. The highest BCUT2D eigenvalue weighted by Crippen LogP contribution is 2.15. The van der Waals surface area contributed by atoms with Crippen molar-refractivity contribution in [2.45, 2.75) is 11.8 Å². The van der Waals surface area contributed by atoms with E-state index in [2.05, 4.69) is 0 Å². The first-order valence-corrected chi connectivity index (χ1v) is 7.54. The van der Waals surface area contributed by atoms with Crippen molar-refractivity contribution in [3.63, 3.8) is 0 Å². The summed E-state index contributed by atoms with van der Waals surface area (Å²) in [6, 6.07) is 14.3. The molecule has 0 N–H and O–H groups in total. The van der Waals surface area contributed by atoms with Crippen LogP contribution < -0.4 is 4.74 Å². The molecule has 0 aliphatic rings. The molecular weight excluding hydrogens is 272 g/mol. The number of methoxy groups -OCH3 is 1. The van der Waals surface area contributed by atoms with Crippen LogP contribution in [0.15, 0.2) is 53.4 Å². The molecule has 0 heterocycles. The van der Waals surface area contributed by atoms with Crippen molar-refractivity contribution in [2.75, 3.05) is 12.9 Å². The Labute approximate surface area is 121 Å². The van der Waals surface area contributed by atoms with Crippen molar-refractivity contribution in [3.05, 3.63) is 59.7 Å². The molecule has 2 aromatic rings. The van der Waals surface area contributed by atoms with Gasteiger partial charge in [-0.2, -0.15) is 0 Å². The molecule has 0 amide bonds. The highest BCUT2D eigenvalue weighted by Gasteiger charge is 2.12. The lowest BCUT2D eigenvalue weighted by Crippen LogP contribution is -2.11. The van der Waals surface area contributed by atoms with E-state index >= 15 is 0 Å². The summed E-state index contributed by atoms with van der Waals surface area (Å²) in [7, 11) is 0.228. The summed E-state index contributed by atoms with van der Waals surface area (Å²) in [5.41, 5.74) is 1.62. The number of rotatable bonds is 5. The Morgan fingerprint density at radius 3 is 2.50 bits per heavy atom. The van der Waals surface area contributed by atoms with Gasteiger partial charge in [-0.15, -0.1) is 0 Å². The van der Waals surface area contributed by atoms with Gasteiger partial charge in [0.1, 0.15) is 5.75 Å². The van der Waals surface area contributed by atoms with Gasteiger partial charge in [0, 0.05) is 10.5 Å². The van der Waals surface area contributed by atoms with Crippen LogP contribution in [-0.4, -0.2) is 22.9 Å². The Morgan fingerprint density at radius 1 is 1.15 bits per heavy atom.